The minimum Gasteiger partial charge on any atom is -0.435 e. The van der Waals surface area contributed by atoms with E-state index in [1.54, 1.807) is 22.9 Å². The fraction of sp³-hybridized carbons (Fsp3) is 0.448. The zero-order valence-corrected chi connectivity index (χ0v) is 21.0. The Kier molecular flexibility index (Phi) is 7.37. The molecule has 1 saturated carbocycles. The van der Waals surface area contributed by atoms with Crippen LogP contribution >= 0.6 is 0 Å². The Bertz CT molecular complexity index is 1180. The summed E-state index contributed by atoms with van der Waals surface area (Å²) in [5, 5.41) is 4.93. The number of hydrogen-bond acceptors (Lipinski definition) is 4. The molecule has 7 heteroatoms. The number of benzene rings is 2. The molecule has 1 aromatic heterocycles. The van der Waals surface area contributed by atoms with Crippen molar-refractivity contribution in [3.05, 3.63) is 71.7 Å². The Morgan fingerprint density at radius 1 is 1.11 bits per heavy atom. The summed E-state index contributed by atoms with van der Waals surface area (Å²) in [7, 11) is 0. The predicted octanol–water partition coefficient (Wildman–Crippen LogP) is 6.23. The molecule has 0 radical (unpaired) electrons. The van der Waals surface area contributed by atoms with E-state index in [1.165, 1.54) is 6.07 Å². The summed E-state index contributed by atoms with van der Waals surface area (Å²) < 4.78 is 28.6. The van der Waals surface area contributed by atoms with Gasteiger partial charge in [-0.25, -0.2) is 9.07 Å². The molecule has 2 aromatic carbocycles. The Morgan fingerprint density at radius 3 is 2.50 bits per heavy atom. The number of halogens is 1. The number of hydrogen-bond donors (Lipinski definition) is 0. The summed E-state index contributed by atoms with van der Waals surface area (Å²) in [6.07, 6.45) is 4.96. The standard InChI is InChI=1S/C29H34FN3O3/c1-20(2)27-24(19-32(18-23-14-9-17-35-23)28(34)21-10-8-11-21)29(36-26-16-7-6-15-25(26)30)33(31-27)22-12-4-3-5-13-22/h3-7,12-13,15-16,20-21,23H,8-11,14,17-19H2,1-2H3/t23-/m0/s1. The van der Waals surface area contributed by atoms with Gasteiger partial charge in [0.25, 0.3) is 0 Å². The van der Waals surface area contributed by atoms with Gasteiger partial charge in [0.2, 0.25) is 11.8 Å². The molecule has 1 aliphatic carbocycles. The zero-order valence-electron chi connectivity index (χ0n) is 21.0. The first kappa shape index (κ1) is 24.5. The molecule has 2 aliphatic rings. The molecule has 1 atom stereocenters. The number of rotatable bonds is 9. The van der Waals surface area contributed by atoms with Crippen LogP contribution < -0.4 is 4.74 Å². The van der Waals surface area contributed by atoms with Gasteiger partial charge in [0, 0.05) is 19.1 Å². The van der Waals surface area contributed by atoms with E-state index in [0.29, 0.717) is 19.0 Å². The molecular weight excluding hydrogens is 457 g/mol. The fourth-order valence-electron chi connectivity index (χ4n) is 4.91. The van der Waals surface area contributed by atoms with Crippen molar-refractivity contribution in [3.8, 4) is 17.3 Å². The second kappa shape index (κ2) is 10.8. The third-order valence-corrected chi connectivity index (χ3v) is 7.12. The van der Waals surface area contributed by atoms with E-state index < -0.39 is 5.82 Å². The number of carbonyl (C=O) groups excluding carboxylic acids is 1. The van der Waals surface area contributed by atoms with E-state index in [-0.39, 0.29) is 29.6 Å². The first-order chi connectivity index (χ1) is 17.5. The molecule has 5 rings (SSSR count). The Hall–Kier alpha value is -3.19. The van der Waals surface area contributed by atoms with Crippen LogP contribution in [-0.4, -0.2) is 39.8 Å². The average molecular weight is 492 g/mol. The summed E-state index contributed by atoms with van der Waals surface area (Å²) in [6, 6.07) is 16.1. The van der Waals surface area contributed by atoms with Gasteiger partial charge in [-0.1, -0.05) is 50.6 Å². The predicted molar refractivity (Wildman–Crippen MR) is 136 cm³/mol. The average Bonchev–Trinajstić information content (AvgIpc) is 3.48. The largest absolute Gasteiger partial charge is 0.435 e. The lowest BCUT2D eigenvalue weighted by molar-refractivity contribution is -0.140. The summed E-state index contributed by atoms with van der Waals surface area (Å²) in [6.45, 7) is 5.78. The van der Waals surface area contributed by atoms with Gasteiger partial charge in [-0.15, -0.1) is 0 Å². The van der Waals surface area contributed by atoms with Gasteiger partial charge < -0.3 is 14.4 Å². The second-order valence-electron chi connectivity index (χ2n) is 10.1. The van der Waals surface area contributed by atoms with Gasteiger partial charge in [-0.05, 0) is 55.9 Å². The summed E-state index contributed by atoms with van der Waals surface area (Å²) in [4.78, 5) is 15.5. The molecule has 1 amide bonds. The number of ether oxygens (including phenoxy) is 2. The Labute approximate surface area is 212 Å². The van der Waals surface area contributed by atoms with Gasteiger partial charge >= 0.3 is 0 Å². The van der Waals surface area contributed by atoms with Crippen molar-refractivity contribution in [2.45, 2.75) is 64.5 Å². The van der Waals surface area contributed by atoms with E-state index in [0.717, 1.165) is 55.7 Å². The SMILES string of the molecule is CC(C)c1nn(-c2ccccc2)c(Oc2ccccc2F)c1CN(C[C@@H]1CCCO1)C(=O)C1CCC1. The molecule has 0 unspecified atom stereocenters. The van der Waals surface area contributed by atoms with Gasteiger partial charge in [0.05, 0.1) is 29.6 Å². The van der Waals surface area contributed by atoms with Crippen LogP contribution in [0.15, 0.2) is 54.6 Å². The van der Waals surface area contributed by atoms with Gasteiger partial charge in [-0.2, -0.15) is 5.10 Å². The minimum absolute atomic E-state index is 0.0385. The summed E-state index contributed by atoms with van der Waals surface area (Å²) in [5.41, 5.74) is 2.46. The molecule has 3 aromatic rings. The highest BCUT2D eigenvalue weighted by atomic mass is 19.1. The van der Waals surface area contributed by atoms with Crippen molar-refractivity contribution < 1.29 is 18.7 Å². The van der Waals surface area contributed by atoms with Crippen LogP contribution in [0.2, 0.25) is 0 Å². The number of carbonyl (C=O) groups is 1. The molecule has 36 heavy (non-hydrogen) atoms. The van der Waals surface area contributed by atoms with Crippen LogP contribution in [0.1, 0.15) is 63.1 Å². The first-order valence-corrected chi connectivity index (χ1v) is 13.0. The van der Waals surface area contributed by atoms with Gasteiger partial charge in [0.1, 0.15) is 0 Å². The van der Waals surface area contributed by atoms with Crippen molar-refractivity contribution in [2.75, 3.05) is 13.2 Å². The van der Waals surface area contributed by atoms with Crippen LogP contribution in [0.3, 0.4) is 0 Å². The zero-order chi connectivity index (χ0) is 25.1. The monoisotopic (exact) mass is 491 g/mol. The van der Waals surface area contributed by atoms with E-state index in [1.807, 2.05) is 35.2 Å². The first-order valence-electron chi connectivity index (χ1n) is 13.0. The highest BCUT2D eigenvalue weighted by Crippen LogP contribution is 2.37. The molecule has 190 valence electrons. The third-order valence-electron chi connectivity index (χ3n) is 7.12. The van der Waals surface area contributed by atoms with Crippen molar-refractivity contribution in [2.24, 2.45) is 5.92 Å². The smallest absolute Gasteiger partial charge is 0.228 e. The molecular formula is C29H34FN3O3. The number of nitrogens with zero attached hydrogens (tertiary/aromatic N) is 3. The van der Waals surface area contributed by atoms with E-state index in [4.69, 9.17) is 14.6 Å². The summed E-state index contributed by atoms with van der Waals surface area (Å²) in [5.74, 6) is 0.425. The van der Waals surface area contributed by atoms with E-state index in [2.05, 4.69) is 13.8 Å². The third kappa shape index (κ3) is 5.16. The lowest BCUT2D eigenvalue weighted by atomic mass is 9.84. The summed E-state index contributed by atoms with van der Waals surface area (Å²) >= 11 is 0. The molecule has 0 spiro atoms. The van der Waals surface area contributed by atoms with Crippen LogP contribution in [-0.2, 0) is 16.1 Å². The number of para-hydroxylation sites is 2. The molecule has 0 bridgehead atoms. The van der Waals surface area contributed by atoms with Crippen molar-refractivity contribution in [1.82, 2.24) is 14.7 Å². The van der Waals surface area contributed by atoms with E-state index in [9.17, 15) is 9.18 Å². The van der Waals surface area contributed by atoms with Crippen LogP contribution in [0.5, 0.6) is 11.6 Å². The molecule has 2 fully saturated rings. The molecule has 6 nitrogen and oxygen atoms in total. The van der Waals surface area contributed by atoms with Crippen molar-refractivity contribution in [1.29, 1.82) is 0 Å². The molecule has 1 saturated heterocycles. The maximum absolute atomic E-state index is 14.7. The van der Waals surface area contributed by atoms with Gasteiger partial charge in [-0.3, -0.25) is 4.79 Å². The second-order valence-corrected chi connectivity index (χ2v) is 10.1. The number of amides is 1. The Balaban J connectivity index is 1.58. The molecule has 2 heterocycles. The quantitative estimate of drug-likeness (QED) is 0.356. The minimum atomic E-state index is -0.447. The number of aromatic nitrogens is 2. The molecule has 1 aliphatic heterocycles. The van der Waals surface area contributed by atoms with Crippen molar-refractivity contribution >= 4 is 5.91 Å². The van der Waals surface area contributed by atoms with Crippen LogP contribution in [0.4, 0.5) is 4.39 Å². The maximum Gasteiger partial charge on any atom is 0.228 e. The topological polar surface area (TPSA) is 56.6 Å². The van der Waals surface area contributed by atoms with Crippen LogP contribution in [0, 0.1) is 11.7 Å². The van der Waals surface area contributed by atoms with Crippen LogP contribution in [0.25, 0.3) is 5.69 Å². The molecule has 0 N–H and O–H groups in total. The highest BCUT2D eigenvalue weighted by Gasteiger charge is 2.34. The lowest BCUT2D eigenvalue weighted by Gasteiger charge is -2.33. The van der Waals surface area contributed by atoms with Gasteiger partial charge in [0.15, 0.2) is 11.6 Å². The maximum atomic E-state index is 14.7. The highest BCUT2D eigenvalue weighted by molar-refractivity contribution is 5.79. The normalized spacial score (nSPS) is 17.8. The lowest BCUT2D eigenvalue weighted by Crippen LogP contribution is -2.42. The van der Waals surface area contributed by atoms with E-state index >= 15 is 0 Å². The Morgan fingerprint density at radius 2 is 1.86 bits per heavy atom. The van der Waals surface area contributed by atoms with Crippen molar-refractivity contribution in [3.63, 3.8) is 0 Å². The fourth-order valence-corrected chi connectivity index (χ4v) is 4.91.